The van der Waals surface area contributed by atoms with Crippen molar-refractivity contribution in [1.29, 1.82) is 0 Å². The first kappa shape index (κ1) is 20.9. The van der Waals surface area contributed by atoms with Crippen molar-refractivity contribution in [3.8, 4) is 10.6 Å². The van der Waals surface area contributed by atoms with Crippen molar-refractivity contribution in [2.75, 3.05) is 5.32 Å². The molecule has 3 heterocycles. The van der Waals surface area contributed by atoms with Gasteiger partial charge in [0.1, 0.15) is 11.6 Å². The molecule has 33 heavy (non-hydrogen) atoms. The standard InChI is InChI=1S/C24H16F2N4O2S/c1-12-9-16-21(19-17(25)3-2-4-18(19)26)27-10-14-11-28-24(30-20(14)22(16)33-12)29-15-7-5-13(6-8-15)23(31)32/h2-9,11H,10H2,1H3,(H,31,32)(H,28,29,30). The van der Waals surface area contributed by atoms with Gasteiger partial charge in [0.25, 0.3) is 0 Å². The topological polar surface area (TPSA) is 87.5 Å². The van der Waals surface area contributed by atoms with Crippen LogP contribution >= 0.6 is 11.3 Å². The van der Waals surface area contributed by atoms with Gasteiger partial charge in [0.15, 0.2) is 0 Å². The van der Waals surface area contributed by atoms with Crippen LogP contribution in [0.15, 0.2) is 59.7 Å². The first-order valence-electron chi connectivity index (χ1n) is 9.97. The second-order valence-electron chi connectivity index (χ2n) is 7.44. The number of aryl methyl sites for hydroxylation is 1. The summed E-state index contributed by atoms with van der Waals surface area (Å²) >= 11 is 1.47. The molecule has 0 saturated heterocycles. The molecule has 164 valence electrons. The van der Waals surface area contributed by atoms with Gasteiger partial charge in [0.2, 0.25) is 5.95 Å². The second kappa shape index (κ2) is 8.18. The van der Waals surface area contributed by atoms with Crippen LogP contribution in [0.1, 0.15) is 31.9 Å². The third-order valence-electron chi connectivity index (χ3n) is 5.19. The number of carboxylic acids is 1. The van der Waals surface area contributed by atoms with E-state index >= 15 is 0 Å². The number of halogens is 2. The lowest BCUT2D eigenvalue weighted by atomic mass is 10.0. The monoisotopic (exact) mass is 462 g/mol. The Bertz CT molecular complexity index is 1410. The minimum atomic E-state index is -1.01. The Morgan fingerprint density at radius 3 is 2.55 bits per heavy atom. The van der Waals surface area contributed by atoms with E-state index in [2.05, 4.69) is 20.3 Å². The number of aliphatic imine (C=N–C) groups is 1. The van der Waals surface area contributed by atoms with E-state index in [-0.39, 0.29) is 23.4 Å². The van der Waals surface area contributed by atoms with E-state index in [1.165, 1.54) is 41.7 Å². The molecule has 4 aromatic rings. The number of hydrogen-bond donors (Lipinski definition) is 2. The average molecular weight is 462 g/mol. The maximum Gasteiger partial charge on any atom is 0.335 e. The smallest absolute Gasteiger partial charge is 0.335 e. The van der Waals surface area contributed by atoms with Crippen molar-refractivity contribution in [2.24, 2.45) is 4.99 Å². The number of aromatic carboxylic acids is 1. The molecule has 0 bridgehead atoms. The molecular formula is C24H16F2N4O2S. The fraction of sp³-hybridized carbons (Fsp3) is 0.0833. The summed E-state index contributed by atoms with van der Waals surface area (Å²) in [4.78, 5) is 26.3. The molecular weight excluding hydrogens is 446 g/mol. The van der Waals surface area contributed by atoms with Gasteiger partial charge in [0, 0.05) is 27.9 Å². The summed E-state index contributed by atoms with van der Waals surface area (Å²) in [6.07, 6.45) is 1.64. The number of carbonyl (C=O) groups is 1. The Hall–Kier alpha value is -3.98. The molecule has 0 radical (unpaired) electrons. The Morgan fingerprint density at radius 1 is 1.12 bits per heavy atom. The minimum absolute atomic E-state index is 0.158. The van der Waals surface area contributed by atoms with Crippen molar-refractivity contribution >= 4 is 34.7 Å². The van der Waals surface area contributed by atoms with Crippen LogP contribution in [0.3, 0.4) is 0 Å². The zero-order valence-corrected chi connectivity index (χ0v) is 18.1. The maximum absolute atomic E-state index is 14.6. The van der Waals surface area contributed by atoms with E-state index in [4.69, 9.17) is 5.11 Å². The van der Waals surface area contributed by atoms with Crippen molar-refractivity contribution in [1.82, 2.24) is 9.97 Å². The van der Waals surface area contributed by atoms with E-state index in [1.807, 2.05) is 13.0 Å². The lowest BCUT2D eigenvalue weighted by molar-refractivity contribution is 0.0697. The van der Waals surface area contributed by atoms with Crippen LogP contribution in [0.4, 0.5) is 20.4 Å². The van der Waals surface area contributed by atoms with Gasteiger partial charge in [0.05, 0.1) is 34.0 Å². The van der Waals surface area contributed by atoms with Crippen molar-refractivity contribution in [3.05, 3.63) is 93.5 Å². The summed E-state index contributed by atoms with van der Waals surface area (Å²) in [6.45, 7) is 2.09. The number of benzene rings is 2. The van der Waals surface area contributed by atoms with Gasteiger partial charge in [-0.05, 0) is 49.4 Å². The molecule has 0 fully saturated rings. The van der Waals surface area contributed by atoms with Gasteiger partial charge >= 0.3 is 5.97 Å². The molecule has 0 amide bonds. The number of anilines is 2. The van der Waals surface area contributed by atoms with Gasteiger partial charge in [-0.1, -0.05) is 6.07 Å². The molecule has 1 aliphatic rings. The van der Waals surface area contributed by atoms with Crippen LogP contribution < -0.4 is 5.32 Å². The molecule has 0 aliphatic carbocycles. The average Bonchev–Trinajstić information content (AvgIpc) is 3.11. The molecule has 2 aromatic carbocycles. The van der Waals surface area contributed by atoms with Crippen LogP contribution in [0.25, 0.3) is 10.6 Å². The SMILES string of the molecule is Cc1cc2c(s1)-c1nc(Nc3ccc(C(=O)O)cc3)ncc1CN=C2c1c(F)cccc1F. The molecule has 0 spiro atoms. The van der Waals surface area contributed by atoms with Crippen LogP contribution in [0.5, 0.6) is 0 Å². The lowest BCUT2D eigenvalue weighted by Crippen LogP contribution is -2.08. The number of fused-ring (bicyclic) bond motifs is 3. The fourth-order valence-corrected chi connectivity index (χ4v) is 4.70. The van der Waals surface area contributed by atoms with E-state index in [9.17, 15) is 13.6 Å². The third kappa shape index (κ3) is 3.87. The summed E-state index contributed by atoms with van der Waals surface area (Å²) in [5, 5.41) is 12.1. The predicted molar refractivity (Wildman–Crippen MR) is 122 cm³/mol. The Kier molecular flexibility index (Phi) is 5.18. The van der Waals surface area contributed by atoms with E-state index in [1.54, 1.807) is 18.3 Å². The van der Waals surface area contributed by atoms with Gasteiger partial charge in [-0.3, -0.25) is 4.99 Å². The van der Waals surface area contributed by atoms with Gasteiger partial charge in [-0.25, -0.2) is 23.5 Å². The quantitative estimate of drug-likeness (QED) is 0.413. The lowest BCUT2D eigenvalue weighted by Gasteiger charge is -2.09. The Morgan fingerprint density at radius 2 is 1.85 bits per heavy atom. The van der Waals surface area contributed by atoms with Gasteiger partial charge in [-0.2, -0.15) is 0 Å². The summed E-state index contributed by atoms with van der Waals surface area (Å²) in [5.74, 6) is -2.04. The zero-order valence-electron chi connectivity index (χ0n) is 17.3. The number of nitrogens with one attached hydrogen (secondary N) is 1. The Labute approximate surface area is 191 Å². The summed E-state index contributed by atoms with van der Waals surface area (Å²) in [5.41, 5.74) is 2.88. The number of hydrogen-bond acceptors (Lipinski definition) is 6. The van der Waals surface area contributed by atoms with Crippen LogP contribution in [-0.2, 0) is 6.54 Å². The number of rotatable bonds is 4. The first-order valence-corrected chi connectivity index (χ1v) is 10.8. The van der Waals surface area contributed by atoms with E-state index in [0.29, 0.717) is 22.9 Å². The minimum Gasteiger partial charge on any atom is -0.478 e. The highest BCUT2D eigenvalue weighted by molar-refractivity contribution is 7.16. The highest BCUT2D eigenvalue weighted by Crippen LogP contribution is 2.38. The predicted octanol–water partition coefficient (Wildman–Crippen LogP) is 5.58. The van der Waals surface area contributed by atoms with Gasteiger partial charge in [-0.15, -0.1) is 11.3 Å². The van der Waals surface area contributed by atoms with Gasteiger partial charge < -0.3 is 10.4 Å². The molecule has 5 rings (SSSR count). The fourth-order valence-electron chi connectivity index (χ4n) is 3.66. The summed E-state index contributed by atoms with van der Waals surface area (Å²) in [6, 6.07) is 11.8. The third-order valence-corrected chi connectivity index (χ3v) is 6.24. The first-order chi connectivity index (χ1) is 15.9. The number of carboxylic acid groups (broad SMARTS) is 1. The Balaban J connectivity index is 1.56. The highest BCUT2D eigenvalue weighted by Gasteiger charge is 2.26. The molecule has 0 saturated carbocycles. The summed E-state index contributed by atoms with van der Waals surface area (Å²) in [7, 11) is 0. The molecule has 0 atom stereocenters. The van der Waals surface area contributed by atoms with E-state index < -0.39 is 17.6 Å². The zero-order chi connectivity index (χ0) is 23.1. The largest absolute Gasteiger partial charge is 0.478 e. The molecule has 1 aliphatic heterocycles. The molecule has 2 aromatic heterocycles. The van der Waals surface area contributed by atoms with E-state index in [0.717, 1.165) is 15.3 Å². The van der Waals surface area contributed by atoms with Crippen molar-refractivity contribution in [2.45, 2.75) is 13.5 Å². The molecule has 0 unspecified atom stereocenters. The molecule has 6 nitrogen and oxygen atoms in total. The normalized spacial score (nSPS) is 12.4. The maximum atomic E-state index is 14.6. The number of aromatic nitrogens is 2. The molecule has 2 N–H and O–H groups in total. The number of nitrogens with zero attached hydrogens (tertiary/aromatic N) is 3. The second-order valence-corrected chi connectivity index (χ2v) is 8.69. The summed E-state index contributed by atoms with van der Waals surface area (Å²) < 4.78 is 29.2. The number of thiophene rings is 1. The highest BCUT2D eigenvalue weighted by atomic mass is 32.1. The van der Waals surface area contributed by atoms with Crippen LogP contribution in [0.2, 0.25) is 0 Å². The molecule has 9 heteroatoms. The van der Waals surface area contributed by atoms with Crippen LogP contribution in [-0.4, -0.2) is 26.8 Å². The van der Waals surface area contributed by atoms with Crippen molar-refractivity contribution < 1.29 is 18.7 Å². The van der Waals surface area contributed by atoms with Crippen molar-refractivity contribution in [3.63, 3.8) is 0 Å². The van der Waals surface area contributed by atoms with Crippen LogP contribution in [0, 0.1) is 18.6 Å².